The summed E-state index contributed by atoms with van der Waals surface area (Å²) in [6.45, 7) is 13.3. The summed E-state index contributed by atoms with van der Waals surface area (Å²) < 4.78 is 11.8. The molecule has 27 heavy (non-hydrogen) atoms. The van der Waals surface area contributed by atoms with E-state index in [1.165, 1.54) is 0 Å². The highest BCUT2D eigenvalue weighted by molar-refractivity contribution is 6.74. The fourth-order valence-corrected chi connectivity index (χ4v) is 4.04. The van der Waals surface area contributed by atoms with E-state index in [4.69, 9.17) is 9.16 Å². The maximum Gasteiger partial charge on any atom is 0.338 e. The molecule has 0 saturated carbocycles. The second-order valence-corrected chi connectivity index (χ2v) is 13.6. The summed E-state index contributed by atoms with van der Waals surface area (Å²) >= 11 is 0. The molecular weight excluding hydrogens is 356 g/mol. The van der Waals surface area contributed by atoms with E-state index in [-0.39, 0.29) is 17.7 Å². The van der Waals surface area contributed by atoms with Crippen molar-refractivity contribution in [3.8, 4) is 0 Å². The predicted molar refractivity (Wildman–Crippen MR) is 114 cm³/mol. The molecule has 0 amide bonds. The number of hydrogen-bond acceptors (Lipinski definition) is 4. The number of aliphatic hydroxyl groups is 1. The number of benzene rings is 1. The van der Waals surface area contributed by atoms with Crippen molar-refractivity contribution in [2.75, 3.05) is 6.61 Å². The van der Waals surface area contributed by atoms with Crippen LogP contribution < -0.4 is 0 Å². The highest BCUT2D eigenvalue weighted by Gasteiger charge is 2.39. The average Bonchev–Trinajstić information content (AvgIpc) is 2.59. The fourth-order valence-electron chi connectivity index (χ4n) is 2.64. The molecule has 0 aromatic heterocycles. The zero-order valence-electron chi connectivity index (χ0n) is 18.0. The first kappa shape index (κ1) is 23.9. The molecule has 154 valence electrons. The minimum atomic E-state index is -1.91. The first-order valence-corrected chi connectivity index (χ1v) is 13.1. The van der Waals surface area contributed by atoms with E-state index in [9.17, 15) is 9.90 Å². The number of carbonyl (C=O) groups is 1. The van der Waals surface area contributed by atoms with Crippen molar-refractivity contribution in [3.05, 3.63) is 35.9 Å². The lowest BCUT2D eigenvalue weighted by molar-refractivity contribution is 0.00969. The van der Waals surface area contributed by atoms with Gasteiger partial charge in [-0.2, -0.15) is 0 Å². The Kier molecular flexibility index (Phi) is 9.71. The van der Waals surface area contributed by atoms with Crippen molar-refractivity contribution in [3.63, 3.8) is 0 Å². The Hall–Kier alpha value is -1.17. The molecule has 2 atom stereocenters. The molecule has 1 aromatic carbocycles. The lowest BCUT2D eigenvalue weighted by Crippen LogP contribution is -2.45. The molecule has 0 fully saturated rings. The monoisotopic (exact) mass is 394 g/mol. The molecule has 5 heteroatoms. The minimum absolute atomic E-state index is 0.00112. The number of rotatable bonds is 11. The molecule has 0 saturated heterocycles. The van der Waals surface area contributed by atoms with E-state index < -0.39 is 20.4 Å². The average molecular weight is 395 g/mol. The van der Waals surface area contributed by atoms with Gasteiger partial charge in [0.1, 0.15) is 6.61 Å². The topological polar surface area (TPSA) is 55.8 Å². The van der Waals surface area contributed by atoms with Crippen molar-refractivity contribution in [2.24, 2.45) is 0 Å². The number of unbranched alkanes of at least 4 members (excludes halogenated alkanes) is 2. The Labute approximate surface area is 166 Å². The van der Waals surface area contributed by atoms with Crippen LogP contribution in [0.25, 0.3) is 0 Å². The summed E-state index contributed by atoms with van der Waals surface area (Å²) in [5.74, 6) is -0.400. The molecule has 4 nitrogen and oxygen atoms in total. The van der Waals surface area contributed by atoms with Gasteiger partial charge in [0.15, 0.2) is 8.32 Å². The Morgan fingerprint density at radius 3 is 2.33 bits per heavy atom. The maximum absolute atomic E-state index is 12.0. The van der Waals surface area contributed by atoms with E-state index >= 15 is 0 Å². The lowest BCUT2D eigenvalue weighted by atomic mass is 10.1. The summed E-state index contributed by atoms with van der Waals surface area (Å²) in [6, 6.07) is 8.87. The highest BCUT2D eigenvalue weighted by Crippen LogP contribution is 2.38. The van der Waals surface area contributed by atoms with Crippen LogP contribution in [-0.4, -0.2) is 38.2 Å². The molecule has 0 aliphatic rings. The highest BCUT2D eigenvalue weighted by atomic mass is 28.4. The Balaban J connectivity index is 2.61. The normalized spacial score (nSPS) is 14.6. The molecule has 0 unspecified atom stereocenters. The van der Waals surface area contributed by atoms with Crippen LogP contribution in [0, 0.1) is 0 Å². The third kappa shape index (κ3) is 8.58. The van der Waals surface area contributed by atoms with Crippen LogP contribution >= 0.6 is 0 Å². The SMILES string of the molecule is CCCCC[C@H](C[C@H](O)COC(=O)c1ccccc1)O[Si](C)(C)C(C)(C)C. The quantitative estimate of drug-likeness (QED) is 0.303. The standard InChI is InChI=1S/C22H38O4Si/c1-7-8-10-15-20(26-27(5,6)22(2,3)4)16-19(23)17-25-21(24)18-13-11-9-12-14-18/h9,11-14,19-20,23H,7-8,10,15-17H2,1-6H3/t19-,20+/m0/s1. The van der Waals surface area contributed by atoms with Crippen molar-refractivity contribution in [1.29, 1.82) is 0 Å². The van der Waals surface area contributed by atoms with Crippen LogP contribution in [0.3, 0.4) is 0 Å². The molecule has 0 heterocycles. The van der Waals surface area contributed by atoms with Crippen LogP contribution in [-0.2, 0) is 9.16 Å². The zero-order chi connectivity index (χ0) is 20.5. The van der Waals surface area contributed by atoms with E-state index in [1.54, 1.807) is 24.3 Å². The number of esters is 1. The maximum atomic E-state index is 12.0. The number of carbonyl (C=O) groups excluding carboxylic acids is 1. The second kappa shape index (κ2) is 11.0. The molecule has 1 rings (SSSR count). The van der Waals surface area contributed by atoms with Gasteiger partial charge in [0.2, 0.25) is 0 Å². The summed E-state index contributed by atoms with van der Waals surface area (Å²) in [4.78, 5) is 12.0. The minimum Gasteiger partial charge on any atom is -0.459 e. The largest absolute Gasteiger partial charge is 0.459 e. The van der Waals surface area contributed by atoms with Gasteiger partial charge in [-0.1, -0.05) is 65.2 Å². The summed E-state index contributed by atoms with van der Waals surface area (Å²) in [5, 5.41) is 10.6. The van der Waals surface area contributed by atoms with Crippen LogP contribution in [0.4, 0.5) is 0 Å². The third-order valence-electron chi connectivity index (χ3n) is 5.35. The van der Waals surface area contributed by atoms with Crippen molar-refractivity contribution < 1.29 is 19.1 Å². The fraction of sp³-hybridized carbons (Fsp3) is 0.682. The number of hydrogen-bond donors (Lipinski definition) is 1. The van der Waals surface area contributed by atoms with Crippen LogP contribution in [0.2, 0.25) is 18.1 Å². The molecular formula is C22H38O4Si. The number of ether oxygens (including phenoxy) is 1. The Bertz CT molecular complexity index is 551. The predicted octanol–water partition coefficient (Wildman–Crippen LogP) is 5.57. The summed E-state index contributed by atoms with van der Waals surface area (Å²) in [6.07, 6.45) is 4.13. The van der Waals surface area contributed by atoms with Gasteiger partial charge in [-0.25, -0.2) is 4.79 Å². The van der Waals surface area contributed by atoms with Crippen LogP contribution in [0.5, 0.6) is 0 Å². The number of aliphatic hydroxyl groups excluding tert-OH is 1. The third-order valence-corrected chi connectivity index (χ3v) is 9.88. The van der Waals surface area contributed by atoms with Gasteiger partial charge >= 0.3 is 5.97 Å². The van der Waals surface area contributed by atoms with E-state index in [1.807, 2.05) is 6.07 Å². The van der Waals surface area contributed by atoms with Crippen molar-refractivity contribution in [2.45, 2.75) is 90.1 Å². The smallest absolute Gasteiger partial charge is 0.338 e. The van der Waals surface area contributed by atoms with E-state index in [0.717, 1.165) is 25.7 Å². The van der Waals surface area contributed by atoms with Gasteiger partial charge in [-0.3, -0.25) is 0 Å². The van der Waals surface area contributed by atoms with Crippen molar-refractivity contribution in [1.82, 2.24) is 0 Å². The van der Waals surface area contributed by atoms with Gasteiger partial charge in [0, 0.05) is 12.5 Å². The van der Waals surface area contributed by atoms with Gasteiger partial charge in [0.05, 0.1) is 11.7 Å². The van der Waals surface area contributed by atoms with Crippen LogP contribution in [0.1, 0.15) is 70.2 Å². The van der Waals surface area contributed by atoms with Gasteiger partial charge in [-0.15, -0.1) is 0 Å². The second-order valence-electron chi connectivity index (χ2n) is 8.85. The molecule has 0 spiro atoms. The lowest BCUT2D eigenvalue weighted by Gasteiger charge is -2.39. The van der Waals surface area contributed by atoms with Gasteiger partial charge < -0.3 is 14.3 Å². The Morgan fingerprint density at radius 1 is 1.15 bits per heavy atom. The Morgan fingerprint density at radius 2 is 1.78 bits per heavy atom. The first-order chi connectivity index (χ1) is 12.6. The van der Waals surface area contributed by atoms with Gasteiger partial charge in [-0.05, 0) is 36.7 Å². The molecule has 1 aromatic rings. The zero-order valence-corrected chi connectivity index (χ0v) is 19.0. The van der Waals surface area contributed by atoms with Gasteiger partial charge in [0.25, 0.3) is 0 Å². The molecule has 0 bridgehead atoms. The van der Waals surface area contributed by atoms with Crippen LogP contribution in [0.15, 0.2) is 30.3 Å². The summed E-state index contributed by atoms with van der Waals surface area (Å²) in [7, 11) is -1.91. The summed E-state index contributed by atoms with van der Waals surface area (Å²) in [5.41, 5.74) is 0.502. The van der Waals surface area contributed by atoms with E-state index in [2.05, 4.69) is 40.8 Å². The molecule has 0 radical (unpaired) electrons. The molecule has 0 aliphatic heterocycles. The molecule has 0 aliphatic carbocycles. The molecule has 1 N–H and O–H groups in total. The first-order valence-electron chi connectivity index (χ1n) is 10.1. The van der Waals surface area contributed by atoms with Crippen molar-refractivity contribution >= 4 is 14.3 Å². The van der Waals surface area contributed by atoms with E-state index in [0.29, 0.717) is 12.0 Å².